The molecule has 0 aliphatic heterocycles. The number of benzene rings is 1. The SMILES string of the molecule is C=CCN(c1ccc(C(C)NCC)cc1)C(C)C. The molecule has 0 spiro atoms. The van der Waals surface area contributed by atoms with E-state index < -0.39 is 0 Å². The van der Waals surface area contributed by atoms with Gasteiger partial charge in [-0.1, -0.05) is 25.1 Å². The third-order valence-electron chi connectivity index (χ3n) is 3.18. The van der Waals surface area contributed by atoms with Crippen molar-refractivity contribution in [3.05, 3.63) is 42.5 Å². The van der Waals surface area contributed by atoms with E-state index in [1.54, 1.807) is 0 Å². The van der Waals surface area contributed by atoms with Crippen molar-refractivity contribution in [2.45, 2.75) is 39.8 Å². The molecule has 2 nitrogen and oxygen atoms in total. The molecule has 0 radical (unpaired) electrons. The van der Waals surface area contributed by atoms with Gasteiger partial charge in [0.15, 0.2) is 0 Å². The van der Waals surface area contributed by atoms with Crippen LogP contribution in [0.25, 0.3) is 0 Å². The molecule has 18 heavy (non-hydrogen) atoms. The van der Waals surface area contributed by atoms with Gasteiger partial charge in [0.25, 0.3) is 0 Å². The predicted molar refractivity (Wildman–Crippen MR) is 81.2 cm³/mol. The van der Waals surface area contributed by atoms with E-state index >= 15 is 0 Å². The highest BCUT2D eigenvalue weighted by molar-refractivity contribution is 5.49. The van der Waals surface area contributed by atoms with E-state index in [2.05, 4.69) is 68.8 Å². The first-order valence-electron chi connectivity index (χ1n) is 6.81. The first-order chi connectivity index (χ1) is 8.60. The Hall–Kier alpha value is -1.28. The molecule has 0 aliphatic carbocycles. The summed E-state index contributed by atoms with van der Waals surface area (Å²) in [5.74, 6) is 0. The van der Waals surface area contributed by atoms with Crippen LogP contribution in [0.3, 0.4) is 0 Å². The summed E-state index contributed by atoms with van der Waals surface area (Å²) in [7, 11) is 0. The van der Waals surface area contributed by atoms with Gasteiger partial charge >= 0.3 is 0 Å². The Kier molecular flexibility index (Phi) is 5.93. The van der Waals surface area contributed by atoms with E-state index in [0.717, 1.165) is 13.1 Å². The van der Waals surface area contributed by atoms with E-state index in [0.29, 0.717) is 12.1 Å². The minimum absolute atomic E-state index is 0.413. The zero-order valence-corrected chi connectivity index (χ0v) is 12.1. The minimum Gasteiger partial charge on any atom is -0.365 e. The Balaban J connectivity index is 2.83. The van der Waals surface area contributed by atoms with E-state index in [9.17, 15) is 0 Å². The highest BCUT2D eigenvalue weighted by Crippen LogP contribution is 2.20. The average molecular weight is 246 g/mol. The van der Waals surface area contributed by atoms with Gasteiger partial charge in [-0.05, 0) is 45.0 Å². The van der Waals surface area contributed by atoms with Crippen LogP contribution >= 0.6 is 0 Å². The van der Waals surface area contributed by atoms with Gasteiger partial charge in [-0.2, -0.15) is 0 Å². The molecule has 1 atom stereocenters. The highest BCUT2D eigenvalue weighted by atomic mass is 15.1. The van der Waals surface area contributed by atoms with E-state index in [1.165, 1.54) is 11.3 Å². The molecule has 1 rings (SSSR count). The number of hydrogen-bond acceptors (Lipinski definition) is 2. The summed E-state index contributed by atoms with van der Waals surface area (Å²) >= 11 is 0. The van der Waals surface area contributed by atoms with Crippen molar-refractivity contribution < 1.29 is 0 Å². The van der Waals surface area contributed by atoms with Gasteiger partial charge < -0.3 is 10.2 Å². The average Bonchev–Trinajstić information content (AvgIpc) is 2.36. The van der Waals surface area contributed by atoms with Gasteiger partial charge in [-0.15, -0.1) is 6.58 Å². The smallest absolute Gasteiger partial charge is 0.0371 e. The Bertz CT molecular complexity index is 354. The molecule has 0 amide bonds. The number of hydrogen-bond donors (Lipinski definition) is 1. The van der Waals surface area contributed by atoms with E-state index in [-0.39, 0.29) is 0 Å². The lowest BCUT2D eigenvalue weighted by molar-refractivity contribution is 0.598. The monoisotopic (exact) mass is 246 g/mol. The van der Waals surface area contributed by atoms with Crippen LogP contribution in [-0.4, -0.2) is 19.1 Å². The fourth-order valence-corrected chi connectivity index (χ4v) is 2.13. The predicted octanol–water partition coefficient (Wildman–Crippen LogP) is 3.76. The molecule has 1 aromatic rings. The van der Waals surface area contributed by atoms with Crippen molar-refractivity contribution >= 4 is 5.69 Å². The van der Waals surface area contributed by atoms with Crippen LogP contribution in [0.15, 0.2) is 36.9 Å². The Morgan fingerprint density at radius 3 is 2.28 bits per heavy atom. The van der Waals surface area contributed by atoms with Crippen LogP contribution in [0.1, 0.15) is 39.3 Å². The third-order valence-corrected chi connectivity index (χ3v) is 3.18. The van der Waals surface area contributed by atoms with Gasteiger partial charge in [0.05, 0.1) is 0 Å². The molecular weight excluding hydrogens is 220 g/mol. The summed E-state index contributed by atoms with van der Waals surface area (Å²) < 4.78 is 0. The molecule has 100 valence electrons. The first kappa shape index (κ1) is 14.8. The molecule has 0 saturated carbocycles. The lowest BCUT2D eigenvalue weighted by Crippen LogP contribution is -2.30. The van der Waals surface area contributed by atoms with Crippen LogP contribution in [0, 0.1) is 0 Å². The molecule has 2 heteroatoms. The van der Waals surface area contributed by atoms with Crippen molar-refractivity contribution in [1.29, 1.82) is 0 Å². The van der Waals surface area contributed by atoms with Crippen molar-refractivity contribution in [3.8, 4) is 0 Å². The fourth-order valence-electron chi connectivity index (χ4n) is 2.13. The third kappa shape index (κ3) is 3.88. The zero-order valence-electron chi connectivity index (χ0n) is 12.1. The van der Waals surface area contributed by atoms with E-state index in [4.69, 9.17) is 0 Å². The summed E-state index contributed by atoms with van der Waals surface area (Å²) in [6, 6.07) is 9.72. The maximum absolute atomic E-state index is 3.83. The summed E-state index contributed by atoms with van der Waals surface area (Å²) in [4.78, 5) is 2.34. The van der Waals surface area contributed by atoms with Crippen molar-refractivity contribution in [2.75, 3.05) is 18.0 Å². The van der Waals surface area contributed by atoms with Gasteiger partial charge in [0.2, 0.25) is 0 Å². The standard InChI is InChI=1S/C16H26N2/c1-6-12-18(13(3)4)16-10-8-15(9-11-16)14(5)17-7-2/h6,8-11,13-14,17H,1,7,12H2,2-5H3. The molecule has 1 unspecified atom stereocenters. The van der Waals surface area contributed by atoms with Crippen LogP contribution in [-0.2, 0) is 0 Å². The van der Waals surface area contributed by atoms with Gasteiger partial charge in [0, 0.05) is 24.3 Å². The van der Waals surface area contributed by atoms with Gasteiger partial charge in [-0.3, -0.25) is 0 Å². The van der Waals surface area contributed by atoms with Crippen LogP contribution in [0.4, 0.5) is 5.69 Å². The Labute approximate surface area is 112 Å². The number of nitrogens with one attached hydrogen (secondary N) is 1. The molecular formula is C16H26N2. The number of anilines is 1. The van der Waals surface area contributed by atoms with Crippen LogP contribution < -0.4 is 10.2 Å². The summed E-state index contributed by atoms with van der Waals surface area (Å²) in [6.45, 7) is 14.5. The van der Waals surface area contributed by atoms with Gasteiger partial charge in [0.1, 0.15) is 0 Å². The molecule has 0 aliphatic rings. The number of rotatable bonds is 7. The van der Waals surface area contributed by atoms with Crippen molar-refractivity contribution in [3.63, 3.8) is 0 Å². The summed E-state index contributed by atoms with van der Waals surface area (Å²) in [5, 5.41) is 3.43. The second kappa shape index (κ2) is 7.22. The van der Waals surface area contributed by atoms with Crippen LogP contribution in [0.2, 0.25) is 0 Å². The molecule has 1 N–H and O–H groups in total. The second-order valence-electron chi connectivity index (χ2n) is 4.91. The van der Waals surface area contributed by atoms with Crippen molar-refractivity contribution in [1.82, 2.24) is 5.32 Å². The van der Waals surface area contributed by atoms with Crippen molar-refractivity contribution in [2.24, 2.45) is 0 Å². The molecule has 0 fully saturated rings. The first-order valence-corrected chi connectivity index (χ1v) is 6.81. The molecule has 0 heterocycles. The lowest BCUT2D eigenvalue weighted by Gasteiger charge is -2.28. The summed E-state index contributed by atoms with van der Waals surface area (Å²) in [5.41, 5.74) is 2.60. The second-order valence-corrected chi connectivity index (χ2v) is 4.91. The number of nitrogens with zero attached hydrogens (tertiary/aromatic N) is 1. The maximum Gasteiger partial charge on any atom is 0.0371 e. The maximum atomic E-state index is 3.83. The molecule has 1 aromatic carbocycles. The van der Waals surface area contributed by atoms with Crippen LogP contribution in [0.5, 0.6) is 0 Å². The normalized spacial score (nSPS) is 12.5. The fraction of sp³-hybridized carbons (Fsp3) is 0.500. The largest absolute Gasteiger partial charge is 0.365 e. The minimum atomic E-state index is 0.413. The molecule has 0 aromatic heterocycles. The zero-order chi connectivity index (χ0) is 13.5. The quantitative estimate of drug-likeness (QED) is 0.737. The Morgan fingerprint density at radius 2 is 1.83 bits per heavy atom. The summed E-state index contributed by atoms with van der Waals surface area (Å²) in [6.07, 6.45) is 1.95. The highest BCUT2D eigenvalue weighted by Gasteiger charge is 2.09. The topological polar surface area (TPSA) is 15.3 Å². The molecule has 0 bridgehead atoms. The lowest BCUT2D eigenvalue weighted by atomic mass is 10.1. The molecule has 0 saturated heterocycles. The Morgan fingerprint density at radius 1 is 1.22 bits per heavy atom. The van der Waals surface area contributed by atoms with E-state index in [1.807, 2.05) is 6.08 Å². The van der Waals surface area contributed by atoms with Gasteiger partial charge in [-0.25, -0.2) is 0 Å².